The van der Waals surface area contributed by atoms with Crippen molar-refractivity contribution in [1.29, 1.82) is 0 Å². The van der Waals surface area contributed by atoms with Gasteiger partial charge in [-0.05, 0) is 31.2 Å². The molecule has 1 atom stereocenters. The molecule has 7 nitrogen and oxygen atoms in total. The summed E-state index contributed by atoms with van der Waals surface area (Å²) >= 11 is 1.80. The highest BCUT2D eigenvalue weighted by atomic mass is 32.1. The quantitative estimate of drug-likeness (QED) is 0.414. The van der Waals surface area contributed by atoms with E-state index in [0.717, 1.165) is 54.2 Å². The molecule has 0 bridgehead atoms. The van der Waals surface area contributed by atoms with Crippen LogP contribution in [0.4, 0.5) is 5.82 Å². The first-order valence-corrected chi connectivity index (χ1v) is 11.7. The standard InChI is InChI=1S/C24H23N7S/c1-17(24-28-20-9-5-6-10-21(20)32-24)29-11-13-30(14-12-29)22-19-15-27-31(23(19)26-16-25-22)18-7-3-2-4-8-18/h2-10,15-17H,11-14H2,1H3. The highest BCUT2D eigenvalue weighted by Crippen LogP contribution is 2.31. The third kappa shape index (κ3) is 3.32. The van der Waals surface area contributed by atoms with Crippen LogP contribution in [0, 0.1) is 0 Å². The Hall–Kier alpha value is -3.36. The molecule has 32 heavy (non-hydrogen) atoms. The summed E-state index contributed by atoms with van der Waals surface area (Å²) in [5.74, 6) is 0.962. The molecule has 0 saturated carbocycles. The van der Waals surface area contributed by atoms with Crippen molar-refractivity contribution in [3.63, 3.8) is 0 Å². The van der Waals surface area contributed by atoms with Crippen LogP contribution < -0.4 is 4.90 Å². The Bertz CT molecular complexity index is 1340. The Morgan fingerprint density at radius 1 is 0.906 bits per heavy atom. The minimum absolute atomic E-state index is 0.306. The topological polar surface area (TPSA) is 63.0 Å². The van der Waals surface area contributed by atoms with Gasteiger partial charge in [-0.25, -0.2) is 19.6 Å². The number of rotatable bonds is 4. The Labute approximate surface area is 190 Å². The lowest BCUT2D eigenvalue weighted by Gasteiger charge is -2.38. The predicted molar refractivity (Wildman–Crippen MR) is 128 cm³/mol. The molecule has 160 valence electrons. The van der Waals surface area contributed by atoms with Gasteiger partial charge in [-0.15, -0.1) is 11.3 Å². The number of piperazine rings is 1. The van der Waals surface area contributed by atoms with Crippen molar-refractivity contribution in [2.75, 3.05) is 31.1 Å². The van der Waals surface area contributed by atoms with Crippen LogP contribution in [0.1, 0.15) is 18.0 Å². The van der Waals surface area contributed by atoms with E-state index < -0.39 is 0 Å². The van der Waals surface area contributed by atoms with Crippen molar-refractivity contribution in [3.05, 3.63) is 72.1 Å². The number of nitrogens with zero attached hydrogens (tertiary/aromatic N) is 7. The lowest BCUT2D eigenvalue weighted by molar-refractivity contribution is 0.198. The first kappa shape index (κ1) is 19.3. The molecule has 4 heterocycles. The number of hydrogen-bond acceptors (Lipinski definition) is 7. The normalized spacial score (nSPS) is 16.1. The summed E-state index contributed by atoms with van der Waals surface area (Å²) in [5.41, 5.74) is 2.94. The molecule has 1 fully saturated rings. The summed E-state index contributed by atoms with van der Waals surface area (Å²) in [5, 5.41) is 6.77. The number of hydrogen-bond donors (Lipinski definition) is 0. The molecule has 0 spiro atoms. The molecule has 1 aliphatic heterocycles. The van der Waals surface area contributed by atoms with Gasteiger partial charge < -0.3 is 4.90 Å². The van der Waals surface area contributed by atoms with Gasteiger partial charge in [0.1, 0.15) is 17.2 Å². The van der Waals surface area contributed by atoms with Gasteiger partial charge in [-0.2, -0.15) is 5.10 Å². The van der Waals surface area contributed by atoms with E-state index in [4.69, 9.17) is 4.98 Å². The Kier molecular flexibility index (Phi) is 4.81. The van der Waals surface area contributed by atoms with Gasteiger partial charge in [0.15, 0.2) is 5.65 Å². The molecule has 6 rings (SSSR count). The summed E-state index contributed by atoms with van der Waals surface area (Å²) < 4.78 is 3.14. The third-order valence-corrected chi connectivity index (χ3v) is 7.38. The van der Waals surface area contributed by atoms with E-state index in [1.807, 2.05) is 41.2 Å². The fourth-order valence-corrected chi connectivity index (χ4v) is 5.44. The largest absolute Gasteiger partial charge is 0.353 e. The lowest BCUT2D eigenvalue weighted by Crippen LogP contribution is -2.47. The van der Waals surface area contributed by atoms with Gasteiger partial charge in [0.2, 0.25) is 0 Å². The van der Waals surface area contributed by atoms with Crippen molar-refractivity contribution < 1.29 is 0 Å². The van der Waals surface area contributed by atoms with Gasteiger partial charge in [-0.1, -0.05) is 30.3 Å². The van der Waals surface area contributed by atoms with Crippen LogP contribution in [-0.4, -0.2) is 55.8 Å². The smallest absolute Gasteiger partial charge is 0.168 e. The van der Waals surface area contributed by atoms with E-state index >= 15 is 0 Å². The van der Waals surface area contributed by atoms with Gasteiger partial charge in [0, 0.05) is 26.2 Å². The zero-order valence-electron chi connectivity index (χ0n) is 17.8. The summed E-state index contributed by atoms with van der Waals surface area (Å²) in [6, 6.07) is 18.8. The van der Waals surface area contributed by atoms with Crippen LogP contribution in [0.2, 0.25) is 0 Å². The number of aromatic nitrogens is 5. The zero-order valence-corrected chi connectivity index (χ0v) is 18.6. The molecule has 8 heteroatoms. The summed E-state index contributed by atoms with van der Waals surface area (Å²) in [6.45, 7) is 6.03. The van der Waals surface area contributed by atoms with Crippen LogP contribution >= 0.6 is 11.3 Å². The highest BCUT2D eigenvalue weighted by molar-refractivity contribution is 7.18. The van der Waals surface area contributed by atoms with Gasteiger partial charge in [-0.3, -0.25) is 4.90 Å². The Balaban J connectivity index is 1.22. The zero-order chi connectivity index (χ0) is 21.5. The average Bonchev–Trinajstić information content (AvgIpc) is 3.49. The SMILES string of the molecule is CC(c1nc2ccccc2s1)N1CCN(c2ncnc3c2cnn3-c2ccccc2)CC1. The van der Waals surface area contributed by atoms with Gasteiger partial charge in [0.05, 0.1) is 33.5 Å². The summed E-state index contributed by atoms with van der Waals surface area (Å²) in [4.78, 5) is 18.9. The molecule has 1 saturated heterocycles. The maximum absolute atomic E-state index is 4.87. The second kappa shape index (κ2) is 7.96. The van der Waals surface area contributed by atoms with Crippen LogP contribution in [0.15, 0.2) is 67.1 Å². The number of benzene rings is 2. The molecule has 0 N–H and O–H groups in total. The van der Waals surface area contributed by atoms with E-state index in [1.165, 1.54) is 9.71 Å². The second-order valence-electron chi connectivity index (χ2n) is 8.05. The Morgan fingerprint density at radius 3 is 2.50 bits per heavy atom. The monoisotopic (exact) mass is 441 g/mol. The van der Waals surface area contributed by atoms with Crippen molar-refractivity contribution in [3.8, 4) is 5.69 Å². The van der Waals surface area contributed by atoms with Gasteiger partial charge >= 0.3 is 0 Å². The molecule has 0 amide bonds. The average molecular weight is 442 g/mol. The fraction of sp³-hybridized carbons (Fsp3) is 0.250. The molecule has 1 unspecified atom stereocenters. The molecule has 0 radical (unpaired) electrons. The van der Waals surface area contributed by atoms with Crippen LogP contribution in [0.3, 0.4) is 0 Å². The van der Waals surface area contributed by atoms with Crippen molar-refractivity contribution >= 4 is 38.4 Å². The van der Waals surface area contributed by atoms with Gasteiger partial charge in [0.25, 0.3) is 0 Å². The second-order valence-corrected chi connectivity index (χ2v) is 9.11. The minimum Gasteiger partial charge on any atom is -0.353 e. The van der Waals surface area contributed by atoms with E-state index in [-0.39, 0.29) is 0 Å². The fourth-order valence-electron chi connectivity index (χ4n) is 4.39. The molecular weight excluding hydrogens is 418 g/mol. The van der Waals surface area contributed by atoms with E-state index in [0.29, 0.717) is 6.04 Å². The summed E-state index contributed by atoms with van der Waals surface area (Å²) in [6.07, 6.45) is 3.53. The number of anilines is 1. The van der Waals surface area contributed by atoms with Crippen molar-refractivity contribution in [2.24, 2.45) is 0 Å². The maximum Gasteiger partial charge on any atom is 0.168 e. The lowest BCUT2D eigenvalue weighted by atomic mass is 10.2. The molecular formula is C24H23N7S. The van der Waals surface area contributed by atoms with Crippen LogP contribution in [0.5, 0.6) is 0 Å². The number of fused-ring (bicyclic) bond motifs is 2. The molecule has 3 aromatic heterocycles. The third-order valence-electron chi connectivity index (χ3n) is 6.17. The molecule has 1 aliphatic rings. The predicted octanol–water partition coefficient (Wildman–Crippen LogP) is 4.31. The van der Waals surface area contributed by atoms with Crippen molar-refractivity contribution in [1.82, 2.24) is 29.6 Å². The van der Waals surface area contributed by atoms with Crippen LogP contribution in [0.25, 0.3) is 26.9 Å². The number of para-hydroxylation sites is 2. The molecule has 2 aromatic carbocycles. The Morgan fingerprint density at radius 2 is 1.69 bits per heavy atom. The highest BCUT2D eigenvalue weighted by Gasteiger charge is 2.26. The minimum atomic E-state index is 0.306. The van der Waals surface area contributed by atoms with E-state index in [1.54, 1.807) is 17.7 Å². The van der Waals surface area contributed by atoms with Crippen LogP contribution in [-0.2, 0) is 0 Å². The van der Waals surface area contributed by atoms with E-state index in [9.17, 15) is 0 Å². The molecule has 0 aliphatic carbocycles. The van der Waals surface area contributed by atoms with E-state index in [2.05, 4.69) is 56.1 Å². The first-order valence-electron chi connectivity index (χ1n) is 10.9. The van der Waals surface area contributed by atoms with Crippen molar-refractivity contribution in [2.45, 2.75) is 13.0 Å². The maximum atomic E-state index is 4.87. The first-order chi connectivity index (χ1) is 15.8. The summed E-state index contributed by atoms with van der Waals surface area (Å²) in [7, 11) is 0. The number of thiazole rings is 1. The molecule has 5 aromatic rings.